The summed E-state index contributed by atoms with van der Waals surface area (Å²) in [5.41, 5.74) is -0.0230. The average molecular weight is 300 g/mol. The molecule has 2 aromatic rings. The Kier molecular flexibility index (Phi) is 2.81. The molecule has 0 aliphatic carbocycles. The number of aliphatic hydroxyl groups is 1. The number of aryl methyl sites for hydroxylation is 1. The van der Waals surface area contributed by atoms with Gasteiger partial charge in [0, 0.05) is 4.70 Å². The molecule has 1 atom stereocenters. The van der Waals surface area contributed by atoms with Crippen molar-refractivity contribution in [1.82, 2.24) is 5.43 Å². The summed E-state index contributed by atoms with van der Waals surface area (Å²) in [6.07, 6.45) is -5.34. The lowest BCUT2D eigenvalue weighted by Gasteiger charge is -2.24. The Hall–Kier alpha value is -1.60. The molecule has 0 amide bonds. The summed E-state index contributed by atoms with van der Waals surface area (Å²) in [6.45, 7) is 1.85. The van der Waals surface area contributed by atoms with Gasteiger partial charge in [0.25, 0.3) is 5.72 Å². The molecule has 20 heavy (non-hydrogen) atoms. The highest BCUT2D eigenvalue weighted by atomic mass is 32.1. The fourth-order valence-corrected chi connectivity index (χ4v) is 3.42. The predicted molar refractivity (Wildman–Crippen MR) is 71.9 cm³/mol. The van der Waals surface area contributed by atoms with Gasteiger partial charge in [-0.05, 0) is 23.9 Å². The van der Waals surface area contributed by atoms with Gasteiger partial charge in [0.05, 0.1) is 17.0 Å². The number of hydrogen-bond acceptors (Lipinski definition) is 4. The van der Waals surface area contributed by atoms with Crippen LogP contribution in [0.25, 0.3) is 10.1 Å². The first-order valence-corrected chi connectivity index (χ1v) is 6.75. The predicted octanol–water partition coefficient (Wildman–Crippen LogP) is 3.16. The van der Waals surface area contributed by atoms with Gasteiger partial charge in [-0.2, -0.15) is 18.3 Å². The fraction of sp³-hybridized carbons (Fsp3) is 0.308. The van der Waals surface area contributed by atoms with E-state index in [1.54, 1.807) is 0 Å². The van der Waals surface area contributed by atoms with Crippen LogP contribution in [-0.2, 0) is 0 Å². The lowest BCUT2D eigenvalue weighted by atomic mass is 10.0. The number of nitrogens with zero attached hydrogens (tertiary/aromatic N) is 1. The van der Waals surface area contributed by atoms with Gasteiger partial charge in [-0.1, -0.05) is 18.2 Å². The second kappa shape index (κ2) is 4.20. The Balaban J connectivity index is 2.00. The zero-order valence-corrected chi connectivity index (χ0v) is 11.3. The molecule has 3 rings (SSSR count). The van der Waals surface area contributed by atoms with Gasteiger partial charge in [-0.15, -0.1) is 11.3 Å². The maximum absolute atomic E-state index is 12.8. The lowest BCUT2D eigenvalue weighted by molar-refractivity contribution is -0.266. The van der Waals surface area contributed by atoms with E-state index in [-0.39, 0.29) is 5.71 Å². The standard InChI is InChI=1S/C13H11F3N2OS/c1-7-8-4-2-3-5-10(8)20-11(7)9-6-12(19,18-17-9)13(14,15)16/h2-5,18-19H,6H2,1H3/t12-/m1/s1. The van der Waals surface area contributed by atoms with Gasteiger partial charge in [0.15, 0.2) is 0 Å². The van der Waals surface area contributed by atoms with Gasteiger partial charge >= 0.3 is 6.18 Å². The van der Waals surface area contributed by atoms with Crippen molar-refractivity contribution in [1.29, 1.82) is 0 Å². The Morgan fingerprint density at radius 1 is 1.35 bits per heavy atom. The van der Waals surface area contributed by atoms with E-state index in [0.29, 0.717) is 4.88 Å². The highest BCUT2D eigenvalue weighted by Gasteiger charge is 2.57. The number of fused-ring (bicyclic) bond motifs is 1. The Labute approximate surface area is 116 Å². The fourth-order valence-electron chi connectivity index (χ4n) is 2.23. The molecule has 0 saturated heterocycles. The number of hydrazone groups is 1. The van der Waals surface area contributed by atoms with Crippen LogP contribution in [0.4, 0.5) is 13.2 Å². The van der Waals surface area contributed by atoms with E-state index in [0.717, 1.165) is 15.6 Å². The first-order valence-electron chi connectivity index (χ1n) is 5.93. The minimum atomic E-state index is -4.76. The van der Waals surface area contributed by atoms with Crippen molar-refractivity contribution in [2.24, 2.45) is 5.10 Å². The number of alkyl halides is 3. The van der Waals surface area contributed by atoms with Crippen molar-refractivity contribution in [3.05, 3.63) is 34.7 Å². The molecular weight excluding hydrogens is 289 g/mol. The van der Waals surface area contributed by atoms with Crippen LogP contribution in [0.3, 0.4) is 0 Å². The molecule has 1 aliphatic heterocycles. The molecule has 0 unspecified atom stereocenters. The quantitative estimate of drug-likeness (QED) is 0.849. The topological polar surface area (TPSA) is 44.6 Å². The van der Waals surface area contributed by atoms with E-state index in [9.17, 15) is 18.3 Å². The number of hydrogen-bond donors (Lipinski definition) is 2. The highest BCUT2D eigenvalue weighted by molar-refractivity contribution is 7.21. The maximum Gasteiger partial charge on any atom is 0.438 e. The van der Waals surface area contributed by atoms with Crippen molar-refractivity contribution < 1.29 is 18.3 Å². The van der Waals surface area contributed by atoms with Crippen molar-refractivity contribution in [2.75, 3.05) is 0 Å². The number of nitrogens with one attached hydrogen (secondary N) is 1. The molecule has 0 radical (unpaired) electrons. The molecule has 0 bridgehead atoms. The van der Waals surface area contributed by atoms with Crippen LogP contribution in [0.5, 0.6) is 0 Å². The normalized spacial score (nSPS) is 22.9. The van der Waals surface area contributed by atoms with Crippen molar-refractivity contribution in [2.45, 2.75) is 25.2 Å². The first-order chi connectivity index (χ1) is 9.32. The molecule has 3 nitrogen and oxygen atoms in total. The van der Waals surface area contributed by atoms with Crippen molar-refractivity contribution >= 4 is 27.1 Å². The largest absolute Gasteiger partial charge is 0.438 e. The summed E-state index contributed by atoms with van der Waals surface area (Å²) in [7, 11) is 0. The SMILES string of the molecule is Cc1c(C2=NN[C@](O)(C(F)(F)F)C2)sc2ccccc12. The van der Waals surface area contributed by atoms with E-state index < -0.39 is 18.3 Å². The van der Waals surface area contributed by atoms with Gasteiger partial charge in [0.1, 0.15) is 0 Å². The third kappa shape index (κ3) is 1.89. The molecule has 106 valence electrons. The van der Waals surface area contributed by atoms with Crippen LogP contribution in [0.15, 0.2) is 29.4 Å². The minimum absolute atomic E-state index is 0.239. The van der Waals surface area contributed by atoms with Crippen LogP contribution >= 0.6 is 11.3 Å². The second-order valence-corrected chi connectivity index (χ2v) is 5.81. The molecule has 0 saturated carbocycles. The smallest absolute Gasteiger partial charge is 0.362 e. The van der Waals surface area contributed by atoms with E-state index in [1.807, 2.05) is 36.6 Å². The summed E-state index contributed by atoms with van der Waals surface area (Å²) in [4.78, 5) is 0.680. The van der Waals surface area contributed by atoms with E-state index in [4.69, 9.17) is 0 Å². The first kappa shape index (κ1) is 13.4. The van der Waals surface area contributed by atoms with Crippen molar-refractivity contribution in [3.63, 3.8) is 0 Å². The van der Waals surface area contributed by atoms with Crippen LogP contribution in [-0.4, -0.2) is 22.7 Å². The minimum Gasteiger partial charge on any atom is -0.362 e. The monoisotopic (exact) mass is 300 g/mol. The summed E-state index contributed by atoms with van der Waals surface area (Å²) < 4.78 is 39.3. The van der Waals surface area contributed by atoms with Crippen LogP contribution in [0.2, 0.25) is 0 Å². The number of rotatable bonds is 1. The Morgan fingerprint density at radius 3 is 2.65 bits per heavy atom. The van der Waals surface area contributed by atoms with E-state index in [1.165, 1.54) is 11.3 Å². The molecule has 7 heteroatoms. The summed E-state index contributed by atoms with van der Waals surface area (Å²) >= 11 is 1.38. The van der Waals surface area contributed by atoms with E-state index >= 15 is 0 Å². The number of thiophene rings is 1. The molecule has 0 fully saturated rings. The second-order valence-electron chi connectivity index (χ2n) is 4.76. The molecule has 1 aromatic heterocycles. The maximum atomic E-state index is 12.8. The third-order valence-electron chi connectivity index (χ3n) is 3.37. The summed E-state index contributed by atoms with van der Waals surface area (Å²) in [6, 6.07) is 7.59. The van der Waals surface area contributed by atoms with Crippen LogP contribution < -0.4 is 5.43 Å². The van der Waals surface area contributed by atoms with Gasteiger partial charge in [-0.3, -0.25) is 5.43 Å². The molecule has 0 spiro atoms. The van der Waals surface area contributed by atoms with Gasteiger partial charge in [-0.25, -0.2) is 0 Å². The third-order valence-corrected chi connectivity index (χ3v) is 4.70. The van der Waals surface area contributed by atoms with Crippen molar-refractivity contribution in [3.8, 4) is 0 Å². The number of halogens is 3. The number of benzene rings is 1. The lowest BCUT2D eigenvalue weighted by Crippen LogP contribution is -2.52. The summed E-state index contributed by atoms with van der Waals surface area (Å²) in [5, 5.41) is 14.3. The van der Waals surface area contributed by atoms with Crippen LogP contribution in [0, 0.1) is 6.92 Å². The van der Waals surface area contributed by atoms with Gasteiger partial charge in [0.2, 0.25) is 0 Å². The molecule has 2 heterocycles. The average Bonchev–Trinajstić information content (AvgIpc) is 2.92. The molecule has 1 aromatic carbocycles. The molecule has 2 N–H and O–H groups in total. The van der Waals surface area contributed by atoms with Crippen LogP contribution in [0.1, 0.15) is 16.9 Å². The molecule has 1 aliphatic rings. The summed E-state index contributed by atoms with van der Waals surface area (Å²) in [5.74, 6) is 0. The molecular formula is C13H11F3N2OS. The highest BCUT2D eigenvalue weighted by Crippen LogP contribution is 2.38. The zero-order valence-electron chi connectivity index (χ0n) is 10.5. The van der Waals surface area contributed by atoms with E-state index in [2.05, 4.69) is 5.10 Å². The zero-order chi connectivity index (χ0) is 14.5. The Morgan fingerprint density at radius 2 is 2.05 bits per heavy atom. The Bertz CT molecular complexity index is 707. The van der Waals surface area contributed by atoms with Gasteiger partial charge < -0.3 is 5.11 Å².